The SMILES string of the molecule is CC(Nc1ncnc2nc[nH]c12)c1cc2cccc(Cl)c2c(N2CCN(C(C)C)CC2)n1. The molecule has 32 heavy (non-hydrogen) atoms. The van der Waals surface area contributed by atoms with Crippen molar-refractivity contribution in [2.45, 2.75) is 32.9 Å². The van der Waals surface area contributed by atoms with Gasteiger partial charge in [-0.05, 0) is 38.3 Å². The van der Waals surface area contributed by atoms with Gasteiger partial charge >= 0.3 is 0 Å². The van der Waals surface area contributed by atoms with Gasteiger partial charge in [0.1, 0.15) is 17.7 Å². The molecule has 1 aliphatic rings. The van der Waals surface area contributed by atoms with E-state index in [0.29, 0.717) is 17.5 Å². The van der Waals surface area contributed by atoms with Crippen LogP contribution in [0.3, 0.4) is 0 Å². The lowest BCUT2D eigenvalue weighted by atomic mass is 10.1. The Labute approximate surface area is 192 Å². The van der Waals surface area contributed by atoms with E-state index in [2.05, 4.69) is 68.0 Å². The fraction of sp³-hybridized carbons (Fsp3) is 0.391. The maximum absolute atomic E-state index is 6.65. The number of anilines is 2. The molecule has 0 radical (unpaired) electrons. The van der Waals surface area contributed by atoms with Crippen molar-refractivity contribution in [3.8, 4) is 0 Å². The molecule has 4 aromatic rings. The lowest BCUT2D eigenvalue weighted by Crippen LogP contribution is -2.49. The Morgan fingerprint density at radius 3 is 2.66 bits per heavy atom. The van der Waals surface area contributed by atoms with Crippen LogP contribution in [-0.2, 0) is 0 Å². The van der Waals surface area contributed by atoms with E-state index in [1.807, 2.05) is 12.1 Å². The zero-order valence-electron chi connectivity index (χ0n) is 18.5. The van der Waals surface area contributed by atoms with E-state index in [9.17, 15) is 0 Å². The van der Waals surface area contributed by atoms with Crippen LogP contribution < -0.4 is 10.2 Å². The summed E-state index contributed by atoms with van der Waals surface area (Å²) < 4.78 is 0. The molecule has 166 valence electrons. The smallest absolute Gasteiger partial charge is 0.182 e. The Hall–Kier alpha value is -2.97. The molecule has 1 aromatic carbocycles. The van der Waals surface area contributed by atoms with Crippen molar-refractivity contribution in [2.75, 3.05) is 36.4 Å². The van der Waals surface area contributed by atoms with Crippen molar-refractivity contribution < 1.29 is 0 Å². The molecular weight excluding hydrogens is 424 g/mol. The third-order valence-corrected chi connectivity index (χ3v) is 6.49. The first kappa shape index (κ1) is 20.9. The maximum Gasteiger partial charge on any atom is 0.182 e. The van der Waals surface area contributed by atoms with E-state index in [-0.39, 0.29) is 6.04 Å². The van der Waals surface area contributed by atoms with E-state index in [1.54, 1.807) is 6.33 Å². The molecule has 0 aliphatic carbocycles. The molecule has 9 heteroatoms. The van der Waals surface area contributed by atoms with Gasteiger partial charge in [-0.1, -0.05) is 23.7 Å². The van der Waals surface area contributed by atoms with Crippen molar-refractivity contribution in [1.29, 1.82) is 0 Å². The monoisotopic (exact) mass is 450 g/mol. The molecule has 1 unspecified atom stereocenters. The molecule has 1 atom stereocenters. The number of imidazole rings is 1. The third kappa shape index (κ3) is 3.84. The molecule has 0 spiro atoms. The van der Waals surface area contributed by atoms with Crippen LogP contribution in [0.5, 0.6) is 0 Å². The molecule has 2 N–H and O–H groups in total. The Bertz CT molecular complexity index is 1250. The Kier molecular flexibility index (Phi) is 5.57. The minimum Gasteiger partial charge on any atom is -0.360 e. The molecule has 0 amide bonds. The standard InChI is InChI=1S/C23H27ClN8/c1-14(2)31-7-9-32(10-8-31)23-19-16(5-4-6-17(19)24)11-18(30-23)15(3)29-22-20-21(26-12-25-20)27-13-28-22/h4-6,11-15H,7-10H2,1-3H3,(H2,25,26,27,28,29). The van der Waals surface area contributed by atoms with Gasteiger partial charge in [-0.25, -0.2) is 19.9 Å². The van der Waals surface area contributed by atoms with Crippen LogP contribution >= 0.6 is 11.6 Å². The number of halogens is 1. The van der Waals surface area contributed by atoms with Gasteiger partial charge in [-0.15, -0.1) is 0 Å². The molecule has 0 saturated carbocycles. The van der Waals surface area contributed by atoms with Gasteiger partial charge in [-0.2, -0.15) is 0 Å². The van der Waals surface area contributed by atoms with Gasteiger partial charge in [0.15, 0.2) is 11.5 Å². The molecule has 4 heterocycles. The zero-order valence-corrected chi connectivity index (χ0v) is 19.3. The summed E-state index contributed by atoms with van der Waals surface area (Å²) >= 11 is 6.65. The first-order valence-electron chi connectivity index (χ1n) is 11.0. The lowest BCUT2D eigenvalue weighted by molar-refractivity contribution is 0.209. The Morgan fingerprint density at radius 2 is 1.88 bits per heavy atom. The topological polar surface area (TPSA) is 85.9 Å². The van der Waals surface area contributed by atoms with Gasteiger partial charge in [-0.3, -0.25) is 4.90 Å². The molecule has 0 bridgehead atoms. The quantitative estimate of drug-likeness (QED) is 0.469. The Morgan fingerprint density at radius 1 is 1.06 bits per heavy atom. The number of hydrogen-bond donors (Lipinski definition) is 2. The van der Waals surface area contributed by atoms with Gasteiger partial charge in [0, 0.05) is 37.6 Å². The van der Waals surface area contributed by atoms with Crippen molar-refractivity contribution in [2.24, 2.45) is 0 Å². The molecule has 8 nitrogen and oxygen atoms in total. The van der Waals surface area contributed by atoms with E-state index in [1.165, 1.54) is 6.33 Å². The summed E-state index contributed by atoms with van der Waals surface area (Å²) in [7, 11) is 0. The van der Waals surface area contributed by atoms with Crippen LogP contribution in [-0.4, -0.2) is 62.0 Å². The minimum atomic E-state index is -0.0736. The molecule has 1 saturated heterocycles. The molecule has 5 rings (SSSR count). The fourth-order valence-electron chi connectivity index (χ4n) is 4.32. The van der Waals surface area contributed by atoms with Gasteiger partial charge in [0.2, 0.25) is 0 Å². The largest absolute Gasteiger partial charge is 0.360 e. The number of nitrogens with zero attached hydrogens (tertiary/aromatic N) is 6. The number of benzene rings is 1. The van der Waals surface area contributed by atoms with E-state index in [4.69, 9.17) is 16.6 Å². The number of nitrogens with one attached hydrogen (secondary N) is 2. The van der Waals surface area contributed by atoms with Crippen molar-refractivity contribution in [3.05, 3.63) is 47.6 Å². The molecule has 1 aliphatic heterocycles. The minimum absolute atomic E-state index is 0.0736. The van der Waals surface area contributed by atoms with Crippen LogP contribution in [0, 0.1) is 0 Å². The second-order valence-electron chi connectivity index (χ2n) is 8.51. The van der Waals surface area contributed by atoms with Gasteiger partial charge in [0.25, 0.3) is 0 Å². The highest BCUT2D eigenvalue weighted by molar-refractivity contribution is 6.36. The van der Waals surface area contributed by atoms with Crippen molar-refractivity contribution in [1.82, 2.24) is 29.8 Å². The summed E-state index contributed by atoms with van der Waals surface area (Å²) in [5.74, 6) is 1.66. The van der Waals surface area contributed by atoms with E-state index < -0.39 is 0 Å². The van der Waals surface area contributed by atoms with Gasteiger partial charge < -0.3 is 15.2 Å². The summed E-state index contributed by atoms with van der Waals surface area (Å²) in [4.78, 5) is 25.9. The van der Waals surface area contributed by atoms with E-state index in [0.717, 1.165) is 59.0 Å². The van der Waals surface area contributed by atoms with Crippen LogP contribution in [0.15, 0.2) is 36.9 Å². The number of H-pyrrole nitrogens is 1. The number of piperazine rings is 1. The maximum atomic E-state index is 6.65. The summed E-state index contributed by atoms with van der Waals surface area (Å²) in [6.07, 6.45) is 3.14. The second-order valence-corrected chi connectivity index (χ2v) is 8.92. The second kappa shape index (κ2) is 8.52. The predicted octanol–water partition coefficient (Wildman–Crippen LogP) is 4.26. The first-order valence-corrected chi connectivity index (χ1v) is 11.4. The molecular formula is C23H27ClN8. The number of aromatic nitrogens is 5. The third-order valence-electron chi connectivity index (χ3n) is 6.17. The molecule has 1 fully saturated rings. The highest BCUT2D eigenvalue weighted by atomic mass is 35.5. The Balaban J connectivity index is 1.51. The summed E-state index contributed by atoms with van der Waals surface area (Å²) in [6.45, 7) is 10.5. The number of fused-ring (bicyclic) bond motifs is 2. The predicted molar refractivity (Wildman–Crippen MR) is 129 cm³/mol. The number of rotatable bonds is 5. The average Bonchev–Trinajstić information content (AvgIpc) is 3.28. The zero-order chi connectivity index (χ0) is 22.2. The summed E-state index contributed by atoms with van der Waals surface area (Å²) in [5.41, 5.74) is 2.36. The lowest BCUT2D eigenvalue weighted by Gasteiger charge is -2.38. The number of aromatic amines is 1. The highest BCUT2D eigenvalue weighted by Crippen LogP contribution is 2.34. The van der Waals surface area contributed by atoms with Crippen LogP contribution in [0.25, 0.3) is 21.9 Å². The van der Waals surface area contributed by atoms with Crippen molar-refractivity contribution in [3.63, 3.8) is 0 Å². The van der Waals surface area contributed by atoms with Crippen LogP contribution in [0.4, 0.5) is 11.6 Å². The average molecular weight is 451 g/mol. The van der Waals surface area contributed by atoms with Gasteiger partial charge in [0.05, 0.1) is 23.1 Å². The normalized spacial score (nSPS) is 16.2. The molecule has 3 aromatic heterocycles. The van der Waals surface area contributed by atoms with Crippen LogP contribution in [0.1, 0.15) is 32.5 Å². The number of hydrogen-bond acceptors (Lipinski definition) is 7. The highest BCUT2D eigenvalue weighted by Gasteiger charge is 2.24. The van der Waals surface area contributed by atoms with Crippen LogP contribution in [0.2, 0.25) is 5.02 Å². The summed E-state index contributed by atoms with van der Waals surface area (Å²) in [5, 5.41) is 6.31. The fourth-order valence-corrected chi connectivity index (χ4v) is 4.59. The van der Waals surface area contributed by atoms with Crippen molar-refractivity contribution >= 4 is 45.2 Å². The summed E-state index contributed by atoms with van der Waals surface area (Å²) in [6, 6.07) is 8.62. The number of pyridine rings is 1. The first-order chi connectivity index (χ1) is 15.5. The van der Waals surface area contributed by atoms with E-state index >= 15 is 0 Å².